The molecule has 0 atom stereocenters. The lowest BCUT2D eigenvalue weighted by Gasteiger charge is -2.11. The number of alkyl halides is 3. The first kappa shape index (κ1) is 20.4. The third kappa shape index (κ3) is 4.11. The summed E-state index contributed by atoms with van der Waals surface area (Å²) in [6.07, 6.45) is -4.57. The number of hydrogen-bond acceptors (Lipinski definition) is 5. The van der Waals surface area contributed by atoms with Crippen molar-refractivity contribution in [3.05, 3.63) is 46.6 Å². The fraction of sp³-hybridized carbons (Fsp3) is 0.188. The summed E-state index contributed by atoms with van der Waals surface area (Å²) < 4.78 is 57.6. The van der Waals surface area contributed by atoms with Gasteiger partial charge in [0.15, 0.2) is 5.76 Å². The number of hydrogen-bond donors (Lipinski definition) is 1. The smallest absolute Gasteiger partial charge is 0.455 e. The summed E-state index contributed by atoms with van der Waals surface area (Å²) in [6.45, 7) is 0. The van der Waals surface area contributed by atoms with Gasteiger partial charge in [-0.15, -0.1) is 0 Å². The SMILES string of the molecule is CN(C)C=C(C(=O)C(F)(F)F)c1onc(-c2c(F)cccc2Cl)c1C(=O)O. The monoisotopic (exact) mass is 406 g/mol. The Kier molecular flexibility index (Phi) is 5.59. The number of carboxylic acids is 1. The molecular weight excluding hydrogens is 396 g/mol. The van der Waals surface area contributed by atoms with Crippen LogP contribution in [0.25, 0.3) is 16.8 Å². The Morgan fingerprint density at radius 1 is 1.30 bits per heavy atom. The number of carbonyl (C=O) groups is 2. The van der Waals surface area contributed by atoms with E-state index in [4.69, 9.17) is 16.1 Å². The van der Waals surface area contributed by atoms with Gasteiger partial charge in [-0.3, -0.25) is 4.79 Å². The van der Waals surface area contributed by atoms with E-state index in [1.165, 1.54) is 26.2 Å². The Bertz CT molecular complexity index is 915. The molecule has 0 fully saturated rings. The molecule has 0 aliphatic rings. The fourth-order valence-electron chi connectivity index (χ4n) is 2.20. The van der Waals surface area contributed by atoms with Crippen molar-refractivity contribution < 1.29 is 36.8 Å². The maximum absolute atomic E-state index is 14.1. The first-order valence-electron chi connectivity index (χ1n) is 7.12. The fourth-order valence-corrected chi connectivity index (χ4v) is 2.45. The van der Waals surface area contributed by atoms with Crippen molar-refractivity contribution in [1.82, 2.24) is 10.1 Å². The van der Waals surface area contributed by atoms with Crippen LogP contribution in [0.15, 0.2) is 28.9 Å². The van der Waals surface area contributed by atoms with Crippen molar-refractivity contribution in [3.8, 4) is 11.3 Å². The lowest BCUT2D eigenvalue weighted by Crippen LogP contribution is -2.25. The molecular formula is C16H11ClF4N2O4. The van der Waals surface area contributed by atoms with Gasteiger partial charge in [0.1, 0.15) is 17.1 Å². The Labute approximate surface area is 154 Å². The van der Waals surface area contributed by atoms with Crippen LogP contribution in [0, 0.1) is 5.82 Å². The Hall–Kier alpha value is -2.88. The van der Waals surface area contributed by atoms with E-state index in [1.54, 1.807) is 0 Å². The van der Waals surface area contributed by atoms with Crippen LogP contribution >= 0.6 is 11.6 Å². The van der Waals surface area contributed by atoms with E-state index < -0.39 is 51.9 Å². The molecule has 0 saturated heterocycles. The highest BCUT2D eigenvalue weighted by Gasteiger charge is 2.44. The zero-order valence-electron chi connectivity index (χ0n) is 13.8. The predicted octanol–water partition coefficient (Wildman–Crippen LogP) is 3.87. The second-order valence-electron chi connectivity index (χ2n) is 5.47. The number of carboxylic acid groups (broad SMARTS) is 1. The molecule has 1 aromatic carbocycles. The topological polar surface area (TPSA) is 83.6 Å². The van der Waals surface area contributed by atoms with Gasteiger partial charge in [0.05, 0.1) is 16.2 Å². The van der Waals surface area contributed by atoms with Gasteiger partial charge >= 0.3 is 12.1 Å². The predicted molar refractivity (Wildman–Crippen MR) is 86.6 cm³/mol. The third-order valence-corrected chi connectivity index (χ3v) is 3.55. The number of benzene rings is 1. The summed E-state index contributed by atoms with van der Waals surface area (Å²) in [7, 11) is 2.63. The van der Waals surface area contributed by atoms with Gasteiger partial charge in [-0.1, -0.05) is 22.8 Å². The lowest BCUT2D eigenvalue weighted by molar-refractivity contribution is -0.164. The number of ketones is 1. The van der Waals surface area contributed by atoms with Gasteiger partial charge in [0, 0.05) is 20.3 Å². The Morgan fingerprint density at radius 3 is 2.41 bits per heavy atom. The van der Waals surface area contributed by atoms with E-state index in [-0.39, 0.29) is 5.02 Å². The van der Waals surface area contributed by atoms with Crippen LogP contribution in [0.3, 0.4) is 0 Å². The number of carbonyl (C=O) groups excluding carboxylic acids is 1. The summed E-state index contributed by atoms with van der Waals surface area (Å²) in [5.74, 6) is -6.06. The maximum Gasteiger partial charge on any atom is 0.455 e. The van der Waals surface area contributed by atoms with Gasteiger partial charge < -0.3 is 14.5 Å². The first-order valence-corrected chi connectivity index (χ1v) is 7.50. The van der Waals surface area contributed by atoms with Crippen LogP contribution in [0.2, 0.25) is 5.02 Å². The first-order chi connectivity index (χ1) is 12.4. The van der Waals surface area contributed by atoms with Gasteiger partial charge in [-0.2, -0.15) is 13.2 Å². The van der Waals surface area contributed by atoms with Gasteiger partial charge in [0.2, 0.25) is 0 Å². The van der Waals surface area contributed by atoms with E-state index >= 15 is 0 Å². The standard InChI is InChI=1S/C16H11ClF4N2O4/c1-23(2)6-7(14(24)16(19,20)21)13-11(15(25)26)12(22-27-13)10-8(17)4-3-5-9(10)18/h3-6H,1-2H3,(H,25,26). The number of aromatic nitrogens is 1. The molecule has 0 aliphatic heterocycles. The minimum absolute atomic E-state index is 0.238. The van der Waals surface area contributed by atoms with E-state index in [2.05, 4.69) is 5.16 Å². The molecule has 144 valence electrons. The molecule has 0 radical (unpaired) electrons. The average Bonchev–Trinajstić information content (AvgIpc) is 2.95. The molecule has 0 unspecified atom stereocenters. The van der Waals surface area contributed by atoms with Crippen LogP contribution < -0.4 is 0 Å². The molecule has 6 nitrogen and oxygen atoms in total. The van der Waals surface area contributed by atoms with E-state index in [0.29, 0.717) is 0 Å². The second kappa shape index (κ2) is 7.39. The summed E-state index contributed by atoms with van der Waals surface area (Å²) in [5, 5.41) is 12.6. The molecule has 0 bridgehead atoms. The quantitative estimate of drug-likeness (QED) is 0.599. The summed E-state index contributed by atoms with van der Waals surface area (Å²) in [5.41, 5.74) is -3.14. The van der Waals surface area contributed by atoms with Crippen LogP contribution in [-0.2, 0) is 4.79 Å². The number of aromatic carboxylic acids is 1. The van der Waals surface area contributed by atoms with Gasteiger partial charge in [0.25, 0.3) is 5.78 Å². The molecule has 0 saturated carbocycles. The van der Waals surface area contributed by atoms with Crippen LogP contribution in [0.1, 0.15) is 16.1 Å². The number of rotatable bonds is 5. The highest BCUT2D eigenvalue weighted by Crippen LogP contribution is 2.37. The molecule has 11 heteroatoms. The van der Waals surface area contributed by atoms with E-state index in [0.717, 1.165) is 17.2 Å². The number of allylic oxidation sites excluding steroid dienone is 1. The average molecular weight is 407 g/mol. The van der Waals surface area contributed by atoms with Crippen LogP contribution in [0.4, 0.5) is 17.6 Å². The van der Waals surface area contributed by atoms with Crippen molar-refractivity contribution in [2.75, 3.05) is 14.1 Å². The molecule has 2 aromatic rings. The van der Waals surface area contributed by atoms with Crippen molar-refractivity contribution in [3.63, 3.8) is 0 Å². The van der Waals surface area contributed by atoms with E-state index in [9.17, 15) is 32.3 Å². The molecule has 0 spiro atoms. The zero-order valence-corrected chi connectivity index (χ0v) is 14.5. The molecule has 0 aliphatic carbocycles. The lowest BCUT2D eigenvalue weighted by atomic mass is 10.00. The number of nitrogens with zero attached hydrogens (tertiary/aromatic N) is 2. The van der Waals surface area contributed by atoms with Crippen molar-refractivity contribution in [2.24, 2.45) is 0 Å². The Morgan fingerprint density at radius 2 is 1.93 bits per heavy atom. The summed E-state index contributed by atoms with van der Waals surface area (Å²) >= 11 is 5.86. The molecule has 1 aromatic heterocycles. The second-order valence-corrected chi connectivity index (χ2v) is 5.88. The highest BCUT2D eigenvalue weighted by atomic mass is 35.5. The number of halogens is 5. The molecule has 1 N–H and O–H groups in total. The van der Waals surface area contributed by atoms with Crippen LogP contribution in [0.5, 0.6) is 0 Å². The molecule has 0 amide bonds. The Balaban J connectivity index is 2.80. The van der Waals surface area contributed by atoms with Crippen molar-refractivity contribution in [2.45, 2.75) is 6.18 Å². The largest absolute Gasteiger partial charge is 0.477 e. The minimum Gasteiger partial charge on any atom is -0.477 e. The van der Waals surface area contributed by atoms with Crippen molar-refractivity contribution in [1.29, 1.82) is 0 Å². The normalized spacial score (nSPS) is 12.2. The number of Topliss-reactive ketones (excluding diaryl/α,β-unsaturated/α-hetero) is 1. The molecule has 27 heavy (non-hydrogen) atoms. The highest BCUT2D eigenvalue weighted by molar-refractivity contribution is 6.33. The molecule has 2 rings (SSSR count). The van der Waals surface area contributed by atoms with Crippen LogP contribution in [-0.4, -0.2) is 47.2 Å². The molecule has 1 heterocycles. The van der Waals surface area contributed by atoms with Gasteiger partial charge in [-0.05, 0) is 12.1 Å². The van der Waals surface area contributed by atoms with E-state index in [1.807, 2.05) is 0 Å². The zero-order chi connectivity index (χ0) is 20.5. The maximum atomic E-state index is 14.1. The summed E-state index contributed by atoms with van der Waals surface area (Å²) in [6, 6.07) is 3.43. The van der Waals surface area contributed by atoms with Gasteiger partial charge in [-0.25, -0.2) is 9.18 Å². The third-order valence-electron chi connectivity index (χ3n) is 3.24. The van der Waals surface area contributed by atoms with Crippen molar-refractivity contribution >= 4 is 28.9 Å². The minimum atomic E-state index is -5.31. The summed E-state index contributed by atoms with van der Waals surface area (Å²) in [4.78, 5) is 24.5.